The number of ketones is 1. The lowest BCUT2D eigenvalue weighted by Crippen LogP contribution is -2.48. The molecule has 0 saturated carbocycles. The van der Waals surface area contributed by atoms with E-state index in [1.54, 1.807) is 15.9 Å². The number of aliphatic carboxylic acids is 1. The summed E-state index contributed by atoms with van der Waals surface area (Å²) in [5.74, 6) is -3.46. The summed E-state index contributed by atoms with van der Waals surface area (Å²) in [6.07, 6.45) is 0. The first-order valence-electron chi connectivity index (χ1n) is 8.69. The van der Waals surface area contributed by atoms with E-state index in [1.165, 1.54) is 6.92 Å². The molecule has 2 aliphatic rings. The highest BCUT2D eigenvalue weighted by Crippen LogP contribution is 2.35. The molecule has 2 heterocycles. The molecule has 1 fully saturated rings. The molecule has 1 amide bonds. The maximum Gasteiger partial charge on any atom is 0.316 e. The van der Waals surface area contributed by atoms with Crippen molar-refractivity contribution in [3.63, 3.8) is 0 Å². The van der Waals surface area contributed by atoms with E-state index < -0.39 is 23.5 Å². The minimum Gasteiger partial charge on any atom is -0.481 e. The van der Waals surface area contributed by atoms with Crippen LogP contribution in [-0.4, -0.2) is 66.9 Å². The highest BCUT2D eigenvalue weighted by Gasteiger charge is 2.37. The molecule has 2 aliphatic heterocycles. The van der Waals surface area contributed by atoms with Gasteiger partial charge >= 0.3 is 5.97 Å². The summed E-state index contributed by atoms with van der Waals surface area (Å²) in [6.45, 7) is 6.03. The summed E-state index contributed by atoms with van der Waals surface area (Å²) < 4.78 is 14.7. The molecule has 0 radical (unpaired) electrons. The number of nitrogens with zero attached hydrogens (tertiary/aromatic N) is 3. The van der Waals surface area contributed by atoms with Crippen LogP contribution >= 0.6 is 0 Å². The van der Waals surface area contributed by atoms with E-state index in [9.17, 15) is 23.9 Å². The van der Waals surface area contributed by atoms with Gasteiger partial charge in [0.05, 0.1) is 5.69 Å². The van der Waals surface area contributed by atoms with Crippen LogP contribution < -0.4 is 9.80 Å². The molecule has 0 aliphatic carbocycles. The third-order valence-corrected chi connectivity index (χ3v) is 5.14. The van der Waals surface area contributed by atoms with Crippen molar-refractivity contribution >= 4 is 29.0 Å². The normalized spacial score (nSPS) is 20.2. The lowest BCUT2D eigenvalue weighted by atomic mass is 9.90. The number of anilines is 2. The molecule has 1 aromatic carbocycles. The van der Waals surface area contributed by atoms with Crippen LogP contribution in [0.1, 0.15) is 24.2 Å². The van der Waals surface area contributed by atoms with Gasteiger partial charge in [-0.25, -0.2) is 4.39 Å². The van der Waals surface area contributed by atoms with Gasteiger partial charge in [-0.15, -0.1) is 0 Å². The van der Waals surface area contributed by atoms with Crippen LogP contribution in [0.4, 0.5) is 15.8 Å². The zero-order chi connectivity index (χ0) is 19.0. The number of carboxylic acid groups (broad SMARTS) is 1. The average Bonchev–Trinajstić information content (AvgIpc) is 2.62. The Morgan fingerprint density at radius 3 is 2.38 bits per heavy atom. The van der Waals surface area contributed by atoms with Crippen LogP contribution in [0.2, 0.25) is 0 Å². The number of carbonyl (C=O) groups excluding carboxylic acids is 2. The van der Waals surface area contributed by atoms with E-state index in [0.717, 1.165) is 6.07 Å². The standard InChI is InChI=1S/C18H22FN3O4/c1-3-20-10-13(18(25)26)17(24)12-8-14(19)16(9-15(12)20)22-6-4-21(5-7-22)11(2)23/h8-9,13H,3-7,10H2,1-2H3,(H,25,26)/t13-/m1/s1. The SMILES string of the molecule is CCN1C[C@@H](C(=O)O)C(=O)c2cc(F)c(N3CCN(C(C)=O)CC3)cc21. The number of carboxylic acids is 1. The molecule has 1 N–H and O–H groups in total. The zero-order valence-corrected chi connectivity index (χ0v) is 14.9. The fourth-order valence-corrected chi connectivity index (χ4v) is 3.59. The first-order chi connectivity index (χ1) is 12.3. The van der Waals surface area contributed by atoms with Gasteiger partial charge in [0.15, 0.2) is 5.78 Å². The molecule has 7 nitrogen and oxygen atoms in total. The van der Waals surface area contributed by atoms with E-state index in [1.807, 2.05) is 11.8 Å². The Morgan fingerprint density at radius 2 is 1.85 bits per heavy atom. The topological polar surface area (TPSA) is 81.2 Å². The maximum absolute atomic E-state index is 14.7. The molecular formula is C18H22FN3O4. The van der Waals surface area contributed by atoms with Gasteiger partial charge in [0.25, 0.3) is 0 Å². The minimum absolute atomic E-state index is 0.00182. The molecule has 0 aromatic heterocycles. The lowest BCUT2D eigenvalue weighted by Gasteiger charge is -2.38. The van der Waals surface area contributed by atoms with Crippen molar-refractivity contribution in [1.29, 1.82) is 0 Å². The van der Waals surface area contributed by atoms with E-state index >= 15 is 0 Å². The number of piperazine rings is 1. The first kappa shape index (κ1) is 18.2. The summed E-state index contributed by atoms with van der Waals surface area (Å²) in [5, 5.41) is 9.26. The van der Waals surface area contributed by atoms with Crippen LogP contribution in [0.25, 0.3) is 0 Å². The number of halogens is 1. The van der Waals surface area contributed by atoms with Gasteiger partial charge in [0, 0.05) is 57.4 Å². The predicted molar refractivity (Wildman–Crippen MR) is 94.2 cm³/mol. The fraction of sp³-hybridized carbons (Fsp3) is 0.500. The van der Waals surface area contributed by atoms with Gasteiger partial charge in [-0.3, -0.25) is 14.4 Å². The number of hydrogen-bond acceptors (Lipinski definition) is 5. The second kappa shape index (κ2) is 6.93. The number of carbonyl (C=O) groups is 3. The summed E-state index contributed by atoms with van der Waals surface area (Å²) in [7, 11) is 0. The minimum atomic E-state index is -1.19. The first-order valence-corrected chi connectivity index (χ1v) is 8.69. The largest absolute Gasteiger partial charge is 0.481 e. The zero-order valence-electron chi connectivity index (χ0n) is 14.9. The Hall–Kier alpha value is -2.64. The van der Waals surface area contributed by atoms with Crippen LogP contribution in [-0.2, 0) is 9.59 Å². The number of fused-ring (bicyclic) bond motifs is 1. The number of Topliss-reactive ketones (excluding diaryl/α,β-unsaturated/α-hetero) is 1. The van der Waals surface area contributed by atoms with Crippen molar-refractivity contribution in [3.05, 3.63) is 23.5 Å². The molecule has 0 bridgehead atoms. The molecule has 1 saturated heterocycles. The molecule has 140 valence electrons. The Morgan fingerprint density at radius 1 is 1.19 bits per heavy atom. The van der Waals surface area contributed by atoms with Crippen LogP contribution in [0.5, 0.6) is 0 Å². The fourth-order valence-electron chi connectivity index (χ4n) is 3.59. The van der Waals surface area contributed by atoms with Gasteiger partial charge in [0.2, 0.25) is 5.91 Å². The second-order valence-electron chi connectivity index (χ2n) is 6.61. The number of amides is 1. The highest BCUT2D eigenvalue weighted by molar-refractivity contribution is 6.13. The van der Waals surface area contributed by atoms with E-state index in [2.05, 4.69) is 0 Å². The van der Waals surface area contributed by atoms with Crippen molar-refractivity contribution < 1.29 is 23.9 Å². The van der Waals surface area contributed by atoms with Crippen LogP contribution in [0.3, 0.4) is 0 Å². The number of rotatable bonds is 3. The van der Waals surface area contributed by atoms with Gasteiger partial charge < -0.3 is 19.8 Å². The predicted octanol–water partition coefficient (Wildman–Crippen LogP) is 1.22. The molecular weight excluding hydrogens is 341 g/mol. The highest BCUT2D eigenvalue weighted by atomic mass is 19.1. The monoisotopic (exact) mass is 363 g/mol. The Labute approximate surface area is 151 Å². The summed E-state index contributed by atoms with van der Waals surface area (Å²) in [5.41, 5.74) is 1.07. The van der Waals surface area contributed by atoms with Crippen molar-refractivity contribution in [2.75, 3.05) is 49.1 Å². The van der Waals surface area contributed by atoms with Crippen molar-refractivity contribution in [2.24, 2.45) is 5.92 Å². The smallest absolute Gasteiger partial charge is 0.316 e. The number of benzene rings is 1. The van der Waals surface area contributed by atoms with E-state index in [-0.39, 0.29) is 18.0 Å². The summed E-state index contributed by atoms with van der Waals surface area (Å²) >= 11 is 0. The van der Waals surface area contributed by atoms with Gasteiger partial charge in [-0.2, -0.15) is 0 Å². The third-order valence-electron chi connectivity index (χ3n) is 5.14. The molecule has 3 rings (SSSR count). The third kappa shape index (κ3) is 3.11. The Bertz CT molecular complexity index is 759. The molecule has 1 atom stereocenters. The van der Waals surface area contributed by atoms with E-state index in [0.29, 0.717) is 44.1 Å². The second-order valence-corrected chi connectivity index (χ2v) is 6.61. The van der Waals surface area contributed by atoms with Crippen LogP contribution in [0.15, 0.2) is 12.1 Å². The lowest BCUT2D eigenvalue weighted by molar-refractivity contribution is -0.139. The summed E-state index contributed by atoms with van der Waals surface area (Å²) in [6, 6.07) is 2.79. The van der Waals surface area contributed by atoms with E-state index in [4.69, 9.17) is 0 Å². The van der Waals surface area contributed by atoms with Gasteiger partial charge in [-0.05, 0) is 19.1 Å². The Balaban J connectivity index is 1.93. The average molecular weight is 363 g/mol. The molecule has 0 spiro atoms. The molecule has 1 aromatic rings. The molecule has 0 unspecified atom stereocenters. The number of hydrogen-bond donors (Lipinski definition) is 1. The van der Waals surface area contributed by atoms with Crippen molar-refractivity contribution in [2.45, 2.75) is 13.8 Å². The van der Waals surface area contributed by atoms with Crippen LogP contribution in [0, 0.1) is 11.7 Å². The van der Waals surface area contributed by atoms with Crippen molar-refractivity contribution in [3.8, 4) is 0 Å². The summed E-state index contributed by atoms with van der Waals surface area (Å²) in [4.78, 5) is 40.6. The van der Waals surface area contributed by atoms with Gasteiger partial charge in [-0.1, -0.05) is 0 Å². The molecule has 26 heavy (non-hydrogen) atoms. The maximum atomic E-state index is 14.7. The van der Waals surface area contributed by atoms with Gasteiger partial charge in [0.1, 0.15) is 11.7 Å². The van der Waals surface area contributed by atoms with Crippen molar-refractivity contribution in [1.82, 2.24) is 4.90 Å². The Kier molecular flexibility index (Phi) is 4.84. The quantitative estimate of drug-likeness (QED) is 0.814. The molecule has 8 heteroatoms.